The lowest BCUT2D eigenvalue weighted by Gasteiger charge is -2.16. The number of carboxylic acids is 1. The zero-order valence-corrected chi connectivity index (χ0v) is 10.2. The normalized spacial score (nSPS) is 18.5. The number of hydrogen-bond acceptors (Lipinski definition) is 5. The van der Waals surface area contributed by atoms with Gasteiger partial charge in [-0.25, -0.2) is 9.78 Å². The Labute approximate surface area is 108 Å². The first-order valence-electron chi connectivity index (χ1n) is 5.61. The van der Waals surface area contributed by atoms with Crippen LogP contribution in [0.4, 0.5) is 5.82 Å². The number of rotatable bonds is 3. The number of carbonyl (C=O) groups excluding carboxylic acids is 2. The van der Waals surface area contributed by atoms with E-state index in [9.17, 15) is 14.4 Å². The summed E-state index contributed by atoms with van der Waals surface area (Å²) in [4.78, 5) is 39.5. The molecule has 7 nitrogen and oxygen atoms in total. The minimum Gasteiger partial charge on any atom is -0.478 e. The van der Waals surface area contributed by atoms with Gasteiger partial charge in [0, 0.05) is 19.2 Å². The lowest BCUT2D eigenvalue weighted by atomic mass is 10.1. The number of anilines is 1. The van der Waals surface area contributed by atoms with Crippen molar-refractivity contribution in [3.05, 3.63) is 23.9 Å². The van der Waals surface area contributed by atoms with Crippen molar-refractivity contribution in [3.63, 3.8) is 0 Å². The highest BCUT2D eigenvalue weighted by Crippen LogP contribution is 2.26. The Morgan fingerprint density at radius 3 is 2.89 bits per heavy atom. The smallest absolute Gasteiger partial charge is 0.339 e. The first-order valence-corrected chi connectivity index (χ1v) is 5.61. The van der Waals surface area contributed by atoms with E-state index in [1.807, 2.05) is 0 Å². The third-order valence-electron chi connectivity index (χ3n) is 2.93. The van der Waals surface area contributed by atoms with E-state index in [0.29, 0.717) is 0 Å². The van der Waals surface area contributed by atoms with Crippen molar-refractivity contribution in [3.8, 4) is 0 Å². The maximum Gasteiger partial charge on any atom is 0.339 e. The number of ether oxygens (including phenoxy) is 1. The second-order valence-electron chi connectivity index (χ2n) is 4.11. The summed E-state index contributed by atoms with van der Waals surface area (Å²) in [6.07, 6.45) is 1.41. The van der Waals surface area contributed by atoms with Crippen molar-refractivity contribution in [2.45, 2.75) is 6.42 Å². The van der Waals surface area contributed by atoms with Crippen molar-refractivity contribution in [2.75, 3.05) is 18.6 Å². The minimum absolute atomic E-state index is 0.00229. The topological polar surface area (TPSA) is 96.8 Å². The standard InChI is InChI=1S/C12H12N2O5/c1-19-12(18)7-5-9(15)14(6-7)10-8(11(16)17)3-2-4-13-10/h2-4,7H,5-6H2,1H3,(H,16,17). The molecule has 1 aromatic rings. The zero-order chi connectivity index (χ0) is 14.0. The van der Waals surface area contributed by atoms with Gasteiger partial charge < -0.3 is 9.84 Å². The Balaban J connectivity index is 2.31. The Morgan fingerprint density at radius 2 is 2.26 bits per heavy atom. The molecule has 1 aliphatic rings. The molecule has 0 aliphatic carbocycles. The summed E-state index contributed by atoms with van der Waals surface area (Å²) in [6, 6.07) is 2.84. The molecule has 1 fully saturated rings. The van der Waals surface area contributed by atoms with Crippen LogP contribution in [0.15, 0.2) is 18.3 Å². The molecule has 0 saturated carbocycles. The van der Waals surface area contributed by atoms with E-state index in [2.05, 4.69) is 9.72 Å². The molecule has 1 aliphatic heterocycles. The second kappa shape index (κ2) is 5.05. The van der Waals surface area contributed by atoms with Crippen molar-refractivity contribution in [2.24, 2.45) is 5.92 Å². The first-order chi connectivity index (χ1) is 9.04. The largest absolute Gasteiger partial charge is 0.478 e. The molecule has 7 heteroatoms. The third kappa shape index (κ3) is 2.40. The number of carboxylic acid groups (broad SMARTS) is 1. The number of aromatic nitrogens is 1. The molecule has 1 amide bonds. The van der Waals surface area contributed by atoms with E-state index >= 15 is 0 Å². The van der Waals surface area contributed by atoms with Crippen LogP contribution in [0.3, 0.4) is 0 Å². The van der Waals surface area contributed by atoms with Gasteiger partial charge in [-0.3, -0.25) is 14.5 Å². The second-order valence-corrected chi connectivity index (χ2v) is 4.11. The van der Waals surface area contributed by atoms with Gasteiger partial charge in [-0.2, -0.15) is 0 Å². The highest BCUT2D eigenvalue weighted by Gasteiger charge is 2.37. The van der Waals surface area contributed by atoms with Crippen LogP contribution < -0.4 is 4.90 Å². The van der Waals surface area contributed by atoms with Crippen molar-refractivity contribution in [1.29, 1.82) is 0 Å². The molecule has 1 aromatic heterocycles. The molecule has 1 saturated heterocycles. The summed E-state index contributed by atoms with van der Waals surface area (Å²) in [5.74, 6) is -2.51. The number of nitrogens with zero attached hydrogens (tertiary/aromatic N) is 2. The maximum absolute atomic E-state index is 11.9. The molecule has 2 heterocycles. The summed E-state index contributed by atoms with van der Waals surface area (Å²) >= 11 is 0. The number of esters is 1. The van der Waals surface area contributed by atoms with Crippen LogP contribution in [-0.4, -0.2) is 41.6 Å². The average Bonchev–Trinajstić information content (AvgIpc) is 2.79. The van der Waals surface area contributed by atoms with E-state index in [1.54, 1.807) is 0 Å². The number of pyridine rings is 1. The summed E-state index contributed by atoms with van der Waals surface area (Å²) in [5, 5.41) is 9.06. The van der Waals surface area contributed by atoms with E-state index in [1.165, 1.54) is 30.3 Å². The fourth-order valence-corrected chi connectivity index (χ4v) is 2.02. The number of aromatic carboxylic acids is 1. The highest BCUT2D eigenvalue weighted by molar-refractivity contribution is 6.03. The van der Waals surface area contributed by atoms with E-state index < -0.39 is 17.9 Å². The number of carbonyl (C=O) groups is 3. The third-order valence-corrected chi connectivity index (χ3v) is 2.93. The van der Waals surface area contributed by atoms with Gasteiger partial charge in [0.2, 0.25) is 5.91 Å². The van der Waals surface area contributed by atoms with Crippen LogP contribution in [0.5, 0.6) is 0 Å². The fourth-order valence-electron chi connectivity index (χ4n) is 2.02. The predicted molar refractivity (Wildman–Crippen MR) is 63.7 cm³/mol. The Hall–Kier alpha value is -2.44. The summed E-state index contributed by atoms with van der Waals surface area (Å²) in [5.41, 5.74) is -0.0682. The number of methoxy groups -OCH3 is 1. The van der Waals surface area contributed by atoms with Gasteiger partial charge >= 0.3 is 11.9 Å². The van der Waals surface area contributed by atoms with Crippen molar-refractivity contribution in [1.82, 2.24) is 4.98 Å². The quantitative estimate of drug-likeness (QED) is 0.789. The minimum atomic E-state index is -1.17. The maximum atomic E-state index is 11.9. The van der Waals surface area contributed by atoms with Gasteiger partial charge in [-0.15, -0.1) is 0 Å². The monoisotopic (exact) mass is 264 g/mol. The summed E-state index contributed by atoms with van der Waals surface area (Å²) < 4.78 is 4.59. The molecular weight excluding hydrogens is 252 g/mol. The van der Waals surface area contributed by atoms with Crippen LogP contribution in [-0.2, 0) is 14.3 Å². The zero-order valence-electron chi connectivity index (χ0n) is 10.2. The van der Waals surface area contributed by atoms with Gasteiger partial charge in [0.1, 0.15) is 11.4 Å². The highest BCUT2D eigenvalue weighted by atomic mass is 16.5. The Kier molecular flexibility index (Phi) is 3.46. The molecule has 0 radical (unpaired) electrons. The molecular formula is C12H12N2O5. The van der Waals surface area contributed by atoms with Gasteiger partial charge in [-0.1, -0.05) is 0 Å². The lowest BCUT2D eigenvalue weighted by molar-refractivity contribution is -0.145. The van der Waals surface area contributed by atoms with E-state index in [-0.39, 0.29) is 30.3 Å². The van der Waals surface area contributed by atoms with Crippen molar-refractivity contribution < 1.29 is 24.2 Å². The van der Waals surface area contributed by atoms with Gasteiger partial charge in [0.15, 0.2) is 0 Å². The van der Waals surface area contributed by atoms with Gasteiger partial charge in [0.05, 0.1) is 13.0 Å². The van der Waals surface area contributed by atoms with Crippen LogP contribution >= 0.6 is 0 Å². The molecule has 1 atom stereocenters. The predicted octanol–water partition coefficient (Wildman–Crippen LogP) is 0.306. The molecule has 100 valence electrons. The SMILES string of the molecule is COC(=O)C1CC(=O)N(c2ncccc2C(=O)O)C1. The molecule has 0 spiro atoms. The van der Waals surface area contributed by atoms with Crippen LogP contribution in [0.1, 0.15) is 16.8 Å². The molecule has 1 N–H and O–H groups in total. The van der Waals surface area contributed by atoms with E-state index in [4.69, 9.17) is 5.11 Å². The molecule has 0 bridgehead atoms. The van der Waals surface area contributed by atoms with Crippen LogP contribution in [0.25, 0.3) is 0 Å². The van der Waals surface area contributed by atoms with Gasteiger partial charge in [-0.05, 0) is 12.1 Å². The average molecular weight is 264 g/mol. The van der Waals surface area contributed by atoms with Crippen LogP contribution in [0.2, 0.25) is 0 Å². The van der Waals surface area contributed by atoms with Gasteiger partial charge in [0.25, 0.3) is 0 Å². The summed E-state index contributed by atoms with van der Waals surface area (Å²) in [6.45, 7) is 0.0861. The molecule has 1 unspecified atom stereocenters. The van der Waals surface area contributed by atoms with Crippen LogP contribution in [0, 0.1) is 5.92 Å². The van der Waals surface area contributed by atoms with E-state index in [0.717, 1.165) is 0 Å². The lowest BCUT2D eigenvalue weighted by Crippen LogP contribution is -2.28. The Morgan fingerprint density at radius 1 is 1.53 bits per heavy atom. The first kappa shape index (κ1) is 13.0. The number of amides is 1. The Bertz CT molecular complexity index is 543. The number of hydrogen-bond donors (Lipinski definition) is 1. The summed E-state index contributed by atoms with van der Waals surface area (Å²) in [7, 11) is 1.25. The molecule has 2 rings (SSSR count). The van der Waals surface area contributed by atoms with Crippen molar-refractivity contribution >= 4 is 23.7 Å². The molecule has 0 aromatic carbocycles. The molecule has 19 heavy (non-hydrogen) atoms. The fraction of sp³-hybridized carbons (Fsp3) is 0.333.